The number of likely N-dealkylation sites (N-methyl/N-ethyl adjacent to an activating group) is 1. The van der Waals surface area contributed by atoms with Gasteiger partial charge in [-0.25, -0.2) is 9.18 Å². The number of aryl methyl sites for hydroxylation is 1. The lowest BCUT2D eigenvalue weighted by atomic mass is 10.1. The third-order valence-electron chi connectivity index (χ3n) is 4.70. The zero-order valence-corrected chi connectivity index (χ0v) is 16.9. The van der Waals surface area contributed by atoms with Gasteiger partial charge in [0, 0.05) is 16.8 Å². The number of carbonyl (C=O) groups is 1. The minimum Gasteiger partial charge on any atom is -0.338 e. The average Bonchev–Trinajstić information content (AvgIpc) is 2.67. The number of benzene rings is 2. The molecule has 0 fully saturated rings. The number of hydrogen-bond acceptors (Lipinski definition) is 2. The molecule has 152 valence electrons. The quantitative estimate of drug-likeness (QED) is 0.597. The first-order valence-electron chi connectivity index (χ1n) is 9.55. The molecule has 2 amide bonds. The third-order valence-corrected chi connectivity index (χ3v) is 4.70. The van der Waals surface area contributed by atoms with Gasteiger partial charge in [-0.3, -0.25) is 4.79 Å². The number of nitrogens with zero attached hydrogens (tertiary/aromatic N) is 1. The number of urea groups is 1. The molecule has 1 heterocycles. The molecule has 0 saturated heterocycles. The number of nitrogens with one attached hydrogen (secondary N) is 3. The summed E-state index contributed by atoms with van der Waals surface area (Å²) in [6.45, 7) is 3.35. The number of quaternary nitrogens is 1. The minimum atomic E-state index is -0.367. The molecule has 0 aliphatic heterocycles. The number of anilines is 1. The normalized spacial score (nSPS) is 11.1. The highest BCUT2D eigenvalue weighted by Gasteiger charge is 2.17. The van der Waals surface area contributed by atoms with Crippen LogP contribution in [0, 0.1) is 12.7 Å². The van der Waals surface area contributed by atoms with Crippen molar-refractivity contribution in [3.05, 3.63) is 75.8 Å². The second-order valence-electron chi connectivity index (χ2n) is 7.53. The topological polar surface area (TPSA) is 69.6 Å². The first-order valence-corrected chi connectivity index (χ1v) is 9.55. The summed E-state index contributed by atoms with van der Waals surface area (Å²) in [6.07, 6.45) is 0. The standard InChI is InChI=1S/C22H25FN4O2/c1-15-4-5-16-13-17(21(28)25-20(16)12-15)14-27(11-10-26(2)3)22(29)24-19-8-6-18(23)7-9-19/h4-9,12-13H,10-11,14H2,1-3H3,(H,24,29)(H,25,28)/p+1. The fourth-order valence-electron chi connectivity index (χ4n) is 3.03. The average molecular weight is 397 g/mol. The second kappa shape index (κ2) is 8.87. The molecular formula is C22H26FN4O2+. The van der Waals surface area contributed by atoms with Crippen molar-refractivity contribution < 1.29 is 14.1 Å². The van der Waals surface area contributed by atoms with E-state index in [1.807, 2.05) is 45.3 Å². The number of aromatic amines is 1. The molecule has 0 aliphatic carbocycles. The van der Waals surface area contributed by atoms with E-state index in [4.69, 9.17) is 0 Å². The van der Waals surface area contributed by atoms with Crippen molar-refractivity contribution in [1.29, 1.82) is 0 Å². The van der Waals surface area contributed by atoms with Crippen LogP contribution in [0.1, 0.15) is 11.1 Å². The van der Waals surface area contributed by atoms with Gasteiger partial charge in [0.05, 0.1) is 33.7 Å². The maximum Gasteiger partial charge on any atom is 0.322 e. The molecule has 3 rings (SSSR count). The van der Waals surface area contributed by atoms with E-state index >= 15 is 0 Å². The predicted molar refractivity (Wildman–Crippen MR) is 113 cm³/mol. The molecule has 0 unspecified atom stereocenters. The SMILES string of the molecule is Cc1ccc2cc(CN(CC[NH+](C)C)C(=O)Nc3ccc(F)cc3)c(=O)[nH]c2c1. The number of H-pyrrole nitrogens is 1. The molecule has 0 atom stereocenters. The Kier molecular flexibility index (Phi) is 6.29. The molecule has 6 nitrogen and oxygen atoms in total. The number of fused-ring (bicyclic) bond motifs is 1. The van der Waals surface area contributed by atoms with Gasteiger partial charge in [-0.2, -0.15) is 0 Å². The number of carbonyl (C=O) groups excluding carboxylic acids is 1. The Morgan fingerprint density at radius 1 is 1.14 bits per heavy atom. The van der Waals surface area contributed by atoms with Gasteiger partial charge in [0.2, 0.25) is 0 Å². The Morgan fingerprint density at radius 2 is 1.86 bits per heavy atom. The van der Waals surface area contributed by atoms with E-state index in [2.05, 4.69) is 10.3 Å². The Hall–Kier alpha value is -3.19. The fraction of sp³-hybridized carbons (Fsp3) is 0.273. The molecule has 7 heteroatoms. The van der Waals surface area contributed by atoms with E-state index in [-0.39, 0.29) is 24.0 Å². The van der Waals surface area contributed by atoms with Gasteiger partial charge in [-0.15, -0.1) is 0 Å². The van der Waals surface area contributed by atoms with Gasteiger partial charge < -0.3 is 20.1 Å². The van der Waals surface area contributed by atoms with Crippen LogP contribution in [0.3, 0.4) is 0 Å². The number of aromatic nitrogens is 1. The Labute approximate surface area is 169 Å². The third kappa shape index (κ3) is 5.42. The van der Waals surface area contributed by atoms with Crippen LogP contribution in [0.2, 0.25) is 0 Å². The largest absolute Gasteiger partial charge is 0.338 e. The molecule has 0 aliphatic rings. The number of pyridine rings is 1. The molecule has 0 radical (unpaired) electrons. The fourth-order valence-corrected chi connectivity index (χ4v) is 3.03. The highest BCUT2D eigenvalue weighted by Crippen LogP contribution is 2.15. The van der Waals surface area contributed by atoms with Gasteiger partial charge >= 0.3 is 6.03 Å². The number of hydrogen-bond donors (Lipinski definition) is 3. The van der Waals surface area contributed by atoms with Crippen molar-refractivity contribution in [2.24, 2.45) is 0 Å². The first kappa shape index (κ1) is 20.5. The smallest absolute Gasteiger partial charge is 0.322 e. The van der Waals surface area contributed by atoms with Gasteiger partial charge in [0.25, 0.3) is 5.56 Å². The van der Waals surface area contributed by atoms with Gasteiger partial charge in [-0.1, -0.05) is 12.1 Å². The molecule has 3 aromatic rings. The van der Waals surface area contributed by atoms with Crippen molar-refractivity contribution in [2.75, 3.05) is 32.5 Å². The highest BCUT2D eigenvalue weighted by molar-refractivity contribution is 5.89. The van der Waals surface area contributed by atoms with E-state index in [1.165, 1.54) is 29.2 Å². The summed E-state index contributed by atoms with van der Waals surface area (Å²) in [4.78, 5) is 31.1. The van der Waals surface area contributed by atoms with Crippen molar-refractivity contribution in [3.8, 4) is 0 Å². The maximum absolute atomic E-state index is 13.1. The summed E-state index contributed by atoms with van der Waals surface area (Å²) in [6, 6.07) is 13.0. The summed E-state index contributed by atoms with van der Waals surface area (Å²) < 4.78 is 13.1. The molecule has 0 saturated carbocycles. The molecule has 0 bridgehead atoms. The number of rotatable bonds is 6. The monoisotopic (exact) mass is 397 g/mol. The summed E-state index contributed by atoms with van der Waals surface area (Å²) in [5.74, 6) is -0.367. The van der Waals surface area contributed by atoms with Crippen molar-refractivity contribution in [1.82, 2.24) is 9.88 Å². The van der Waals surface area contributed by atoms with E-state index in [0.717, 1.165) is 23.0 Å². The highest BCUT2D eigenvalue weighted by atomic mass is 19.1. The second-order valence-corrected chi connectivity index (χ2v) is 7.53. The summed E-state index contributed by atoms with van der Waals surface area (Å²) in [5, 5.41) is 3.69. The van der Waals surface area contributed by atoms with Crippen molar-refractivity contribution >= 4 is 22.6 Å². The molecule has 1 aromatic heterocycles. The van der Waals surface area contributed by atoms with Crippen molar-refractivity contribution in [3.63, 3.8) is 0 Å². The van der Waals surface area contributed by atoms with Gasteiger partial charge in [0.15, 0.2) is 0 Å². The van der Waals surface area contributed by atoms with Gasteiger partial charge in [0.1, 0.15) is 5.82 Å². The molecule has 3 N–H and O–H groups in total. The van der Waals surface area contributed by atoms with Crippen LogP contribution >= 0.6 is 0 Å². The van der Waals surface area contributed by atoms with E-state index < -0.39 is 0 Å². The Balaban J connectivity index is 1.84. The number of halogens is 1. The minimum absolute atomic E-state index is 0.180. The van der Waals surface area contributed by atoms with E-state index in [0.29, 0.717) is 17.8 Å². The predicted octanol–water partition coefficient (Wildman–Crippen LogP) is 2.15. The molecule has 0 spiro atoms. The van der Waals surface area contributed by atoms with E-state index in [9.17, 15) is 14.0 Å². The molecular weight excluding hydrogens is 371 g/mol. The Morgan fingerprint density at radius 3 is 2.55 bits per heavy atom. The Bertz CT molecular complexity index is 1060. The van der Waals surface area contributed by atoms with Crippen LogP contribution in [0.15, 0.2) is 53.3 Å². The molecule has 2 aromatic carbocycles. The van der Waals surface area contributed by atoms with Crippen molar-refractivity contribution in [2.45, 2.75) is 13.5 Å². The van der Waals surface area contributed by atoms with Crippen LogP contribution in [-0.2, 0) is 6.54 Å². The zero-order chi connectivity index (χ0) is 21.0. The zero-order valence-electron chi connectivity index (χ0n) is 16.9. The van der Waals surface area contributed by atoms with Crippen LogP contribution < -0.4 is 15.8 Å². The van der Waals surface area contributed by atoms with Crippen LogP contribution in [0.25, 0.3) is 10.9 Å². The van der Waals surface area contributed by atoms with Gasteiger partial charge in [-0.05, 0) is 54.3 Å². The first-order chi connectivity index (χ1) is 13.8. The van der Waals surface area contributed by atoms with Crippen LogP contribution in [-0.4, -0.2) is 43.1 Å². The summed E-state index contributed by atoms with van der Waals surface area (Å²) in [7, 11) is 4.00. The molecule has 29 heavy (non-hydrogen) atoms. The number of amides is 2. The maximum atomic E-state index is 13.1. The lowest BCUT2D eigenvalue weighted by molar-refractivity contribution is -0.857. The lowest BCUT2D eigenvalue weighted by Crippen LogP contribution is -3.06. The summed E-state index contributed by atoms with van der Waals surface area (Å²) in [5.41, 5.74) is 2.65. The lowest BCUT2D eigenvalue weighted by Gasteiger charge is -2.23. The summed E-state index contributed by atoms with van der Waals surface area (Å²) >= 11 is 0. The van der Waals surface area contributed by atoms with E-state index in [1.54, 1.807) is 4.90 Å². The van der Waals surface area contributed by atoms with Crippen LogP contribution in [0.4, 0.5) is 14.9 Å². The van der Waals surface area contributed by atoms with Crippen LogP contribution in [0.5, 0.6) is 0 Å².